The SMILES string of the molecule is CN1CCN(CCCO[C@@H]2CCNC2)CC1. The minimum absolute atomic E-state index is 0.479. The van der Waals surface area contributed by atoms with Gasteiger partial charge in [0.2, 0.25) is 0 Å². The van der Waals surface area contributed by atoms with Crippen LogP contribution in [0.5, 0.6) is 0 Å². The molecule has 4 heteroatoms. The zero-order valence-electron chi connectivity index (χ0n) is 10.5. The van der Waals surface area contributed by atoms with Crippen molar-refractivity contribution < 1.29 is 4.74 Å². The van der Waals surface area contributed by atoms with Crippen molar-refractivity contribution in [2.45, 2.75) is 18.9 Å². The van der Waals surface area contributed by atoms with Crippen molar-refractivity contribution in [3.8, 4) is 0 Å². The number of piperazine rings is 1. The van der Waals surface area contributed by atoms with Crippen molar-refractivity contribution in [3.05, 3.63) is 0 Å². The molecule has 0 bridgehead atoms. The van der Waals surface area contributed by atoms with Crippen LogP contribution in [-0.4, -0.2) is 75.4 Å². The first kappa shape index (κ1) is 12.3. The number of hydrogen-bond donors (Lipinski definition) is 1. The molecule has 0 saturated carbocycles. The van der Waals surface area contributed by atoms with Gasteiger partial charge in [-0.1, -0.05) is 0 Å². The lowest BCUT2D eigenvalue weighted by Gasteiger charge is -2.32. The van der Waals surface area contributed by atoms with E-state index in [1.165, 1.54) is 45.6 Å². The zero-order valence-corrected chi connectivity index (χ0v) is 10.5. The van der Waals surface area contributed by atoms with Crippen molar-refractivity contribution in [3.63, 3.8) is 0 Å². The lowest BCUT2D eigenvalue weighted by atomic mass is 10.3. The highest BCUT2D eigenvalue weighted by atomic mass is 16.5. The normalized spacial score (nSPS) is 28.7. The molecular formula is C12H25N3O. The van der Waals surface area contributed by atoms with Gasteiger partial charge in [-0.25, -0.2) is 0 Å². The highest BCUT2D eigenvalue weighted by molar-refractivity contribution is 4.72. The van der Waals surface area contributed by atoms with Crippen molar-refractivity contribution >= 4 is 0 Å². The van der Waals surface area contributed by atoms with Crippen molar-refractivity contribution in [1.29, 1.82) is 0 Å². The second kappa shape index (κ2) is 6.55. The molecule has 0 aliphatic carbocycles. The molecule has 2 heterocycles. The second-order valence-corrected chi connectivity index (χ2v) is 4.98. The smallest absolute Gasteiger partial charge is 0.0711 e. The predicted molar refractivity (Wildman–Crippen MR) is 65.8 cm³/mol. The van der Waals surface area contributed by atoms with Gasteiger partial charge in [-0.05, 0) is 26.4 Å². The number of ether oxygens (including phenoxy) is 1. The molecule has 2 fully saturated rings. The molecule has 4 nitrogen and oxygen atoms in total. The van der Waals surface area contributed by atoms with E-state index in [1.807, 2.05) is 0 Å². The maximum Gasteiger partial charge on any atom is 0.0711 e. The van der Waals surface area contributed by atoms with E-state index < -0.39 is 0 Å². The molecule has 1 atom stereocenters. The first-order valence-corrected chi connectivity index (χ1v) is 6.58. The first-order chi connectivity index (χ1) is 7.84. The molecule has 2 aliphatic rings. The molecule has 1 N–H and O–H groups in total. The fourth-order valence-corrected chi connectivity index (χ4v) is 2.38. The Bertz CT molecular complexity index is 187. The minimum atomic E-state index is 0.479. The predicted octanol–water partition coefficient (Wildman–Crippen LogP) is 0.00240. The van der Waals surface area contributed by atoms with Crippen LogP contribution in [0.4, 0.5) is 0 Å². The second-order valence-electron chi connectivity index (χ2n) is 4.98. The molecule has 2 aliphatic heterocycles. The summed E-state index contributed by atoms with van der Waals surface area (Å²) in [6, 6.07) is 0. The van der Waals surface area contributed by atoms with Gasteiger partial charge in [0.25, 0.3) is 0 Å². The van der Waals surface area contributed by atoms with Crippen LogP contribution < -0.4 is 5.32 Å². The topological polar surface area (TPSA) is 27.7 Å². The monoisotopic (exact) mass is 227 g/mol. The Balaban J connectivity index is 1.48. The van der Waals surface area contributed by atoms with Crippen molar-refractivity contribution in [2.75, 3.05) is 59.5 Å². The number of hydrogen-bond acceptors (Lipinski definition) is 4. The lowest BCUT2D eigenvalue weighted by molar-refractivity contribution is 0.0557. The Morgan fingerprint density at radius 3 is 2.75 bits per heavy atom. The Labute approximate surface area is 98.9 Å². The van der Waals surface area contributed by atoms with Crippen molar-refractivity contribution in [2.24, 2.45) is 0 Å². The van der Waals surface area contributed by atoms with E-state index in [-0.39, 0.29) is 0 Å². The van der Waals surface area contributed by atoms with Gasteiger partial charge in [-0.3, -0.25) is 0 Å². The van der Waals surface area contributed by atoms with Gasteiger partial charge in [0.05, 0.1) is 6.10 Å². The third-order valence-corrected chi connectivity index (χ3v) is 3.58. The van der Waals surface area contributed by atoms with E-state index in [1.54, 1.807) is 0 Å². The van der Waals surface area contributed by atoms with E-state index in [0.717, 1.165) is 19.7 Å². The van der Waals surface area contributed by atoms with Crippen LogP contribution in [0.3, 0.4) is 0 Å². The summed E-state index contributed by atoms with van der Waals surface area (Å²) in [5.74, 6) is 0. The summed E-state index contributed by atoms with van der Waals surface area (Å²) in [6.45, 7) is 9.19. The van der Waals surface area contributed by atoms with E-state index >= 15 is 0 Å². The molecule has 16 heavy (non-hydrogen) atoms. The highest BCUT2D eigenvalue weighted by Crippen LogP contribution is 2.04. The number of nitrogens with one attached hydrogen (secondary N) is 1. The quantitative estimate of drug-likeness (QED) is 0.669. The van der Waals surface area contributed by atoms with E-state index in [0.29, 0.717) is 6.10 Å². The Morgan fingerprint density at radius 2 is 2.06 bits per heavy atom. The van der Waals surface area contributed by atoms with E-state index in [9.17, 15) is 0 Å². The van der Waals surface area contributed by atoms with Crippen molar-refractivity contribution in [1.82, 2.24) is 15.1 Å². The number of rotatable bonds is 5. The molecule has 0 aromatic carbocycles. The van der Waals surface area contributed by atoms with Crippen LogP contribution in [0, 0.1) is 0 Å². The molecule has 0 spiro atoms. The van der Waals surface area contributed by atoms with Crippen LogP contribution in [0.1, 0.15) is 12.8 Å². The maximum absolute atomic E-state index is 5.82. The molecule has 0 aromatic heterocycles. The molecule has 0 aromatic rings. The summed E-state index contributed by atoms with van der Waals surface area (Å²) >= 11 is 0. The Hall–Kier alpha value is -0.160. The Morgan fingerprint density at radius 1 is 1.25 bits per heavy atom. The third kappa shape index (κ3) is 4.01. The minimum Gasteiger partial charge on any atom is -0.377 e. The molecule has 0 amide bonds. The summed E-state index contributed by atoms with van der Waals surface area (Å²) in [6.07, 6.45) is 2.85. The summed E-state index contributed by atoms with van der Waals surface area (Å²) in [7, 11) is 2.20. The number of nitrogens with zero attached hydrogens (tertiary/aromatic N) is 2. The molecule has 2 saturated heterocycles. The van der Waals surface area contributed by atoms with Gasteiger partial charge < -0.3 is 19.9 Å². The van der Waals surface area contributed by atoms with Gasteiger partial charge in [0.15, 0.2) is 0 Å². The van der Waals surface area contributed by atoms with E-state index in [4.69, 9.17) is 4.74 Å². The molecule has 2 rings (SSSR count). The summed E-state index contributed by atoms with van der Waals surface area (Å²) < 4.78 is 5.82. The average Bonchev–Trinajstić information content (AvgIpc) is 2.80. The highest BCUT2D eigenvalue weighted by Gasteiger charge is 2.15. The maximum atomic E-state index is 5.82. The summed E-state index contributed by atoms with van der Waals surface area (Å²) in [4.78, 5) is 4.95. The Kier molecular flexibility index (Phi) is 5.03. The van der Waals surface area contributed by atoms with Gasteiger partial charge >= 0.3 is 0 Å². The third-order valence-electron chi connectivity index (χ3n) is 3.58. The average molecular weight is 227 g/mol. The molecular weight excluding hydrogens is 202 g/mol. The van der Waals surface area contributed by atoms with Crippen LogP contribution in [-0.2, 0) is 4.74 Å². The fourth-order valence-electron chi connectivity index (χ4n) is 2.38. The van der Waals surface area contributed by atoms with Crippen LogP contribution in [0.15, 0.2) is 0 Å². The molecule has 94 valence electrons. The number of likely N-dealkylation sites (N-methyl/N-ethyl adjacent to an activating group) is 1. The summed E-state index contributed by atoms with van der Waals surface area (Å²) in [5.41, 5.74) is 0. The van der Waals surface area contributed by atoms with Gasteiger partial charge in [-0.15, -0.1) is 0 Å². The van der Waals surface area contributed by atoms with Gasteiger partial charge in [-0.2, -0.15) is 0 Å². The fraction of sp³-hybridized carbons (Fsp3) is 1.00. The van der Waals surface area contributed by atoms with Gasteiger partial charge in [0, 0.05) is 45.9 Å². The molecule has 0 unspecified atom stereocenters. The van der Waals surface area contributed by atoms with Crippen LogP contribution >= 0.6 is 0 Å². The molecule has 0 radical (unpaired) electrons. The first-order valence-electron chi connectivity index (χ1n) is 6.58. The standard InChI is InChI=1S/C12H25N3O/c1-14-6-8-15(9-7-14)5-2-10-16-12-3-4-13-11-12/h12-13H,2-11H2,1H3/t12-/m1/s1. The zero-order chi connectivity index (χ0) is 11.2. The van der Waals surface area contributed by atoms with Gasteiger partial charge in [0.1, 0.15) is 0 Å². The van der Waals surface area contributed by atoms with Crippen LogP contribution in [0.2, 0.25) is 0 Å². The summed E-state index contributed by atoms with van der Waals surface area (Å²) in [5, 5.41) is 3.33. The van der Waals surface area contributed by atoms with Crippen LogP contribution in [0.25, 0.3) is 0 Å². The lowest BCUT2D eigenvalue weighted by Crippen LogP contribution is -2.44. The largest absolute Gasteiger partial charge is 0.377 e. The van der Waals surface area contributed by atoms with E-state index in [2.05, 4.69) is 22.2 Å².